The summed E-state index contributed by atoms with van der Waals surface area (Å²) < 4.78 is 5.09. The van der Waals surface area contributed by atoms with Gasteiger partial charge in [0.15, 0.2) is 0 Å². The van der Waals surface area contributed by atoms with E-state index in [1.165, 1.54) is 0 Å². The Kier molecular flexibility index (Phi) is 4.53. The Morgan fingerprint density at radius 3 is 2.83 bits per heavy atom. The fraction of sp³-hybridized carbons (Fsp3) is 1.00. The molecule has 0 bridgehead atoms. The number of aliphatic hydroxyl groups excluding tert-OH is 1. The van der Waals surface area contributed by atoms with E-state index in [4.69, 9.17) is 10.5 Å². The van der Waals surface area contributed by atoms with E-state index in [0.717, 1.165) is 25.9 Å². The summed E-state index contributed by atoms with van der Waals surface area (Å²) in [4.78, 5) is 0. The van der Waals surface area contributed by atoms with Gasteiger partial charge in [0, 0.05) is 0 Å². The van der Waals surface area contributed by atoms with E-state index in [1.807, 2.05) is 0 Å². The van der Waals surface area contributed by atoms with Gasteiger partial charge in [-0.2, -0.15) is 0 Å². The van der Waals surface area contributed by atoms with Crippen LogP contribution < -0.4 is 11.1 Å². The van der Waals surface area contributed by atoms with E-state index in [9.17, 15) is 5.11 Å². The zero-order valence-electron chi connectivity index (χ0n) is 7.33. The molecule has 1 aliphatic heterocycles. The monoisotopic (exact) mass is 174 g/mol. The molecule has 0 radical (unpaired) electrons. The molecule has 4 heteroatoms. The van der Waals surface area contributed by atoms with Crippen molar-refractivity contribution in [2.75, 3.05) is 26.3 Å². The first-order valence-electron chi connectivity index (χ1n) is 4.54. The molecular formula is C8H18N2O2. The van der Waals surface area contributed by atoms with Gasteiger partial charge in [0.05, 0.1) is 25.4 Å². The van der Waals surface area contributed by atoms with Crippen LogP contribution in [0, 0.1) is 0 Å². The van der Waals surface area contributed by atoms with E-state index in [1.54, 1.807) is 0 Å². The van der Waals surface area contributed by atoms with Crippen LogP contribution in [0.3, 0.4) is 0 Å². The molecule has 1 saturated heterocycles. The molecule has 1 aliphatic rings. The van der Waals surface area contributed by atoms with Crippen LogP contribution >= 0.6 is 0 Å². The van der Waals surface area contributed by atoms with Gasteiger partial charge in [-0.25, -0.2) is 0 Å². The normalized spacial score (nSPS) is 29.5. The fourth-order valence-electron chi connectivity index (χ4n) is 1.29. The average molecular weight is 174 g/mol. The summed E-state index contributed by atoms with van der Waals surface area (Å²) in [5.41, 5.74) is 5.35. The maximum Gasteiger partial charge on any atom is 0.0948 e. The number of hydrogen-bond donors (Lipinski definition) is 3. The van der Waals surface area contributed by atoms with E-state index in [2.05, 4.69) is 5.32 Å². The average Bonchev–Trinajstić information content (AvgIpc) is 2.46. The van der Waals surface area contributed by atoms with Crippen LogP contribution in [-0.2, 0) is 4.74 Å². The second-order valence-corrected chi connectivity index (χ2v) is 3.16. The van der Waals surface area contributed by atoms with Crippen molar-refractivity contribution in [3.8, 4) is 0 Å². The number of ether oxygens (including phenoxy) is 1. The Balaban J connectivity index is 1.98. The number of nitrogens with two attached hydrogens (primary N) is 1. The van der Waals surface area contributed by atoms with E-state index in [-0.39, 0.29) is 12.1 Å². The summed E-state index contributed by atoms with van der Waals surface area (Å²) in [5, 5.41) is 12.6. The quantitative estimate of drug-likeness (QED) is 0.471. The van der Waals surface area contributed by atoms with Crippen LogP contribution in [0.15, 0.2) is 0 Å². The molecule has 0 aromatic heterocycles. The molecule has 0 amide bonds. The molecule has 2 unspecified atom stereocenters. The molecule has 12 heavy (non-hydrogen) atoms. The van der Waals surface area contributed by atoms with Crippen molar-refractivity contribution in [3.05, 3.63) is 0 Å². The summed E-state index contributed by atoms with van der Waals surface area (Å²) in [5.74, 6) is 0. The minimum atomic E-state index is -0.331. The molecular weight excluding hydrogens is 156 g/mol. The highest BCUT2D eigenvalue weighted by Crippen LogP contribution is 2.04. The minimum Gasteiger partial charge on any atom is -0.389 e. The topological polar surface area (TPSA) is 67.5 Å². The van der Waals surface area contributed by atoms with E-state index >= 15 is 0 Å². The molecule has 0 aromatic rings. The largest absolute Gasteiger partial charge is 0.389 e. The SMILES string of the molecule is NCCCCNC1COCC1O. The molecule has 1 fully saturated rings. The van der Waals surface area contributed by atoms with Gasteiger partial charge in [0.2, 0.25) is 0 Å². The van der Waals surface area contributed by atoms with Gasteiger partial charge < -0.3 is 20.9 Å². The molecule has 0 saturated carbocycles. The number of aliphatic hydroxyl groups is 1. The minimum absolute atomic E-state index is 0.128. The summed E-state index contributed by atoms with van der Waals surface area (Å²) in [6.07, 6.45) is 1.78. The number of hydrogen-bond acceptors (Lipinski definition) is 4. The van der Waals surface area contributed by atoms with Gasteiger partial charge in [-0.15, -0.1) is 0 Å². The number of rotatable bonds is 5. The Bertz CT molecular complexity index is 122. The third kappa shape index (κ3) is 3.06. The Hall–Kier alpha value is -0.160. The van der Waals surface area contributed by atoms with Crippen LogP contribution in [0.5, 0.6) is 0 Å². The summed E-state index contributed by atoms with van der Waals surface area (Å²) >= 11 is 0. The highest BCUT2D eigenvalue weighted by molar-refractivity contribution is 4.80. The highest BCUT2D eigenvalue weighted by Gasteiger charge is 2.24. The summed E-state index contributed by atoms with van der Waals surface area (Å²) in [6.45, 7) is 2.76. The van der Waals surface area contributed by atoms with Crippen LogP contribution in [0.1, 0.15) is 12.8 Å². The van der Waals surface area contributed by atoms with Gasteiger partial charge in [0.1, 0.15) is 0 Å². The predicted octanol–water partition coefficient (Wildman–Crippen LogP) is -0.925. The van der Waals surface area contributed by atoms with Gasteiger partial charge in [-0.05, 0) is 25.9 Å². The standard InChI is InChI=1S/C8H18N2O2/c9-3-1-2-4-10-7-5-12-6-8(7)11/h7-8,10-11H,1-6,9H2. The molecule has 4 nitrogen and oxygen atoms in total. The van der Waals surface area contributed by atoms with Crippen LogP contribution in [0.25, 0.3) is 0 Å². The molecule has 0 aromatic carbocycles. The lowest BCUT2D eigenvalue weighted by atomic mass is 10.2. The Morgan fingerprint density at radius 2 is 2.25 bits per heavy atom. The molecule has 2 atom stereocenters. The molecule has 4 N–H and O–H groups in total. The summed E-state index contributed by atoms with van der Waals surface area (Å²) in [7, 11) is 0. The first-order chi connectivity index (χ1) is 5.84. The van der Waals surface area contributed by atoms with E-state index in [0.29, 0.717) is 13.2 Å². The smallest absolute Gasteiger partial charge is 0.0948 e. The number of unbranched alkanes of at least 4 members (excludes halogenated alkanes) is 1. The van der Waals surface area contributed by atoms with Gasteiger partial charge in [-0.1, -0.05) is 0 Å². The van der Waals surface area contributed by atoms with Crippen LogP contribution in [0.2, 0.25) is 0 Å². The Morgan fingerprint density at radius 1 is 1.42 bits per heavy atom. The van der Waals surface area contributed by atoms with Crippen molar-refractivity contribution in [3.63, 3.8) is 0 Å². The highest BCUT2D eigenvalue weighted by atomic mass is 16.5. The van der Waals surface area contributed by atoms with Crippen molar-refractivity contribution in [1.29, 1.82) is 0 Å². The molecule has 0 spiro atoms. The van der Waals surface area contributed by atoms with Gasteiger partial charge >= 0.3 is 0 Å². The molecule has 0 aliphatic carbocycles. The lowest BCUT2D eigenvalue weighted by Gasteiger charge is -2.13. The summed E-state index contributed by atoms with van der Waals surface area (Å²) in [6, 6.07) is 0.128. The predicted molar refractivity (Wildman–Crippen MR) is 46.9 cm³/mol. The van der Waals surface area contributed by atoms with Crippen molar-refractivity contribution in [2.24, 2.45) is 5.73 Å². The molecule has 1 heterocycles. The zero-order chi connectivity index (χ0) is 8.81. The zero-order valence-corrected chi connectivity index (χ0v) is 7.33. The lowest BCUT2D eigenvalue weighted by Crippen LogP contribution is -2.39. The van der Waals surface area contributed by atoms with Crippen molar-refractivity contribution in [2.45, 2.75) is 25.0 Å². The van der Waals surface area contributed by atoms with Crippen LogP contribution in [-0.4, -0.2) is 43.6 Å². The van der Waals surface area contributed by atoms with E-state index < -0.39 is 0 Å². The first kappa shape index (κ1) is 9.92. The second-order valence-electron chi connectivity index (χ2n) is 3.16. The number of nitrogens with one attached hydrogen (secondary N) is 1. The lowest BCUT2D eigenvalue weighted by molar-refractivity contribution is 0.122. The van der Waals surface area contributed by atoms with Gasteiger partial charge in [-0.3, -0.25) is 0 Å². The Labute approximate surface area is 73.1 Å². The van der Waals surface area contributed by atoms with Crippen molar-refractivity contribution >= 4 is 0 Å². The molecule has 1 rings (SSSR count). The maximum absolute atomic E-state index is 9.33. The van der Waals surface area contributed by atoms with Crippen molar-refractivity contribution in [1.82, 2.24) is 5.32 Å². The molecule has 72 valence electrons. The van der Waals surface area contributed by atoms with Crippen molar-refractivity contribution < 1.29 is 9.84 Å². The van der Waals surface area contributed by atoms with Crippen LogP contribution in [0.4, 0.5) is 0 Å². The third-order valence-corrected chi connectivity index (χ3v) is 2.09. The third-order valence-electron chi connectivity index (χ3n) is 2.09. The second kappa shape index (κ2) is 5.48. The van der Waals surface area contributed by atoms with Gasteiger partial charge in [0.25, 0.3) is 0 Å². The fourth-order valence-corrected chi connectivity index (χ4v) is 1.29. The maximum atomic E-state index is 9.33. The first-order valence-corrected chi connectivity index (χ1v) is 4.54.